The number of sulfonamides is 1. The smallest absolute Gasteiger partial charge is 0.243 e. The molecule has 142 valence electrons. The van der Waals surface area contributed by atoms with Crippen molar-refractivity contribution in [2.24, 2.45) is 0 Å². The third-order valence-corrected chi connectivity index (χ3v) is 6.06. The summed E-state index contributed by atoms with van der Waals surface area (Å²) in [5, 5.41) is 5.80. The van der Waals surface area contributed by atoms with Gasteiger partial charge in [-0.15, -0.1) is 0 Å². The van der Waals surface area contributed by atoms with Crippen LogP contribution in [0.3, 0.4) is 0 Å². The Morgan fingerprint density at radius 1 is 1.15 bits per heavy atom. The van der Waals surface area contributed by atoms with E-state index in [2.05, 4.69) is 10.6 Å². The topological polar surface area (TPSA) is 91.7 Å². The zero-order valence-electron chi connectivity index (χ0n) is 15.2. The van der Waals surface area contributed by atoms with Gasteiger partial charge in [0.2, 0.25) is 15.9 Å². The fourth-order valence-electron chi connectivity index (χ4n) is 2.54. The highest BCUT2D eigenvalue weighted by Gasteiger charge is 2.21. The van der Waals surface area contributed by atoms with Crippen LogP contribution in [0, 0.1) is 0 Å². The Kier molecular flexibility index (Phi) is 6.82. The Morgan fingerprint density at radius 3 is 2.35 bits per heavy atom. The van der Waals surface area contributed by atoms with E-state index in [-0.39, 0.29) is 23.4 Å². The fraction of sp³-hybridized carbons (Fsp3) is 0.389. The van der Waals surface area contributed by atoms with Gasteiger partial charge in [-0.05, 0) is 43.3 Å². The van der Waals surface area contributed by atoms with Crippen molar-refractivity contribution in [2.45, 2.75) is 31.7 Å². The molecule has 7 nitrogen and oxygen atoms in total. The maximum absolute atomic E-state index is 12.4. The number of rotatable bonds is 9. The maximum atomic E-state index is 12.4. The summed E-state index contributed by atoms with van der Waals surface area (Å²) in [6, 6.07) is 9.73. The average Bonchev–Trinajstić information content (AvgIpc) is 3.16. The number of benzene rings is 1. The quantitative estimate of drug-likeness (QED) is 0.699. The van der Waals surface area contributed by atoms with Crippen LogP contribution < -0.4 is 10.6 Å². The zero-order valence-corrected chi connectivity index (χ0v) is 16.0. The minimum atomic E-state index is -3.47. The minimum absolute atomic E-state index is 0.0766. The molecule has 1 heterocycles. The molecular weight excluding hydrogens is 354 g/mol. The molecule has 1 unspecified atom stereocenters. The Morgan fingerprint density at radius 2 is 1.81 bits per heavy atom. The van der Waals surface area contributed by atoms with Crippen molar-refractivity contribution < 1.29 is 17.6 Å². The summed E-state index contributed by atoms with van der Waals surface area (Å²) in [7, 11) is -3.47. The van der Waals surface area contributed by atoms with Gasteiger partial charge in [-0.25, -0.2) is 8.42 Å². The summed E-state index contributed by atoms with van der Waals surface area (Å²) in [4.78, 5) is 12.2. The van der Waals surface area contributed by atoms with Crippen LogP contribution in [0.5, 0.6) is 0 Å². The van der Waals surface area contributed by atoms with Crippen LogP contribution in [-0.4, -0.2) is 38.3 Å². The van der Waals surface area contributed by atoms with E-state index in [1.807, 2.05) is 6.92 Å². The van der Waals surface area contributed by atoms with Crippen LogP contribution in [0.2, 0.25) is 0 Å². The summed E-state index contributed by atoms with van der Waals surface area (Å²) in [6.45, 7) is 6.37. The van der Waals surface area contributed by atoms with E-state index in [9.17, 15) is 13.2 Å². The molecule has 1 atom stereocenters. The molecule has 8 heteroatoms. The van der Waals surface area contributed by atoms with E-state index in [1.54, 1.807) is 56.5 Å². The number of nitrogens with one attached hydrogen (secondary N) is 2. The first kappa shape index (κ1) is 20.0. The minimum Gasteiger partial charge on any atom is -0.467 e. The number of furan rings is 1. The number of anilines is 1. The van der Waals surface area contributed by atoms with Crippen molar-refractivity contribution in [1.29, 1.82) is 0 Å². The van der Waals surface area contributed by atoms with Crippen LogP contribution in [0.25, 0.3) is 0 Å². The molecule has 0 spiro atoms. The van der Waals surface area contributed by atoms with E-state index in [0.29, 0.717) is 24.5 Å². The number of carbonyl (C=O) groups excluding carboxylic acids is 1. The molecule has 0 radical (unpaired) electrons. The molecule has 1 aromatic heterocycles. The average molecular weight is 379 g/mol. The molecule has 0 fully saturated rings. The maximum Gasteiger partial charge on any atom is 0.243 e. The molecule has 1 amide bonds. The lowest BCUT2D eigenvalue weighted by Crippen LogP contribution is -2.32. The normalized spacial score (nSPS) is 12.8. The van der Waals surface area contributed by atoms with Gasteiger partial charge in [0.1, 0.15) is 5.76 Å². The standard InChI is InChI=1S/C18H25N3O4S/c1-4-21(5-2)26(23,24)16-10-8-15(9-11-16)19-13-18(22)20-14(3)17-7-6-12-25-17/h6-12,14,19H,4-5,13H2,1-3H3,(H,20,22). The molecular formula is C18H25N3O4S. The molecule has 2 rings (SSSR count). The van der Waals surface area contributed by atoms with Gasteiger partial charge in [-0.1, -0.05) is 13.8 Å². The van der Waals surface area contributed by atoms with Gasteiger partial charge in [-0.2, -0.15) is 4.31 Å². The van der Waals surface area contributed by atoms with Crippen molar-refractivity contribution in [3.8, 4) is 0 Å². The SMILES string of the molecule is CCN(CC)S(=O)(=O)c1ccc(NCC(=O)NC(C)c2ccco2)cc1. The molecule has 0 saturated carbocycles. The summed E-state index contributed by atoms with van der Waals surface area (Å²) >= 11 is 0. The first-order chi connectivity index (χ1) is 12.4. The first-order valence-corrected chi connectivity index (χ1v) is 9.99. The lowest BCUT2D eigenvalue weighted by molar-refractivity contribution is -0.120. The Balaban J connectivity index is 1.92. The molecule has 1 aromatic carbocycles. The van der Waals surface area contributed by atoms with E-state index in [1.165, 1.54) is 4.31 Å². The predicted octanol–water partition coefficient (Wildman–Crippen LogP) is 2.60. The van der Waals surface area contributed by atoms with Crippen molar-refractivity contribution >= 4 is 21.6 Å². The lowest BCUT2D eigenvalue weighted by Gasteiger charge is -2.18. The second kappa shape index (κ2) is 8.86. The van der Waals surface area contributed by atoms with Crippen molar-refractivity contribution in [2.75, 3.05) is 25.0 Å². The number of carbonyl (C=O) groups is 1. The lowest BCUT2D eigenvalue weighted by atomic mass is 10.2. The molecule has 26 heavy (non-hydrogen) atoms. The Labute approximate surface area is 154 Å². The monoisotopic (exact) mass is 379 g/mol. The van der Waals surface area contributed by atoms with Crippen LogP contribution in [0.1, 0.15) is 32.6 Å². The first-order valence-electron chi connectivity index (χ1n) is 8.55. The van der Waals surface area contributed by atoms with E-state index in [4.69, 9.17) is 4.42 Å². The van der Waals surface area contributed by atoms with E-state index in [0.717, 1.165) is 0 Å². The highest BCUT2D eigenvalue weighted by molar-refractivity contribution is 7.89. The summed E-state index contributed by atoms with van der Waals surface area (Å²) in [6.07, 6.45) is 1.56. The van der Waals surface area contributed by atoms with Gasteiger partial charge in [0, 0.05) is 18.8 Å². The largest absolute Gasteiger partial charge is 0.467 e. The van der Waals surface area contributed by atoms with Crippen LogP contribution in [0.15, 0.2) is 52.0 Å². The van der Waals surface area contributed by atoms with Crippen LogP contribution >= 0.6 is 0 Å². The number of nitrogens with zero attached hydrogens (tertiary/aromatic N) is 1. The van der Waals surface area contributed by atoms with E-state index < -0.39 is 10.0 Å². The second-order valence-corrected chi connectivity index (χ2v) is 7.71. The third-order valence-electron chi connectivity index (χ3n) is 4.00. The van der Waals surface area contributed by atoms with Crippen LogP contribution in [-0.2, 0) is 14.8 Å². The molecule has 0 aliphatic heterocycles. The van der Waals surface area contributed by atoms with Crippen LogP contribution in [0.4, 0.5) is 5.69 Å². The second-order valence-electron chi connectivity index (χ2n) is 5.77. The number of hydrogen-bond acceptors (Lipinski definition) is 5. The van der Waals surface area contributed by atoms with Crippen molar-refractivity contribution in [3.05, 3.63) is 48.4 Å². The van der Waals surface area contributed by atoms with Gasteiger partial charge >= 0.3 is 0 Å². The fourth-order valence-corrected chi connectivity index (χ4v) is 4.00. The molecule has 0 bridgehead atoms. The molecule has 0 aliphatic carbocycles. The van der Waals surface area contributed by atoms with Crippen molar-refractivity contribution in [3.63, 3.8) is 0 Å². The van der Waals surface area contributed by atoms with Gasteiger partial charge < -0.3 is 15.1 Å². The highest BCUT2D eigenvalue weighted by Crippen LogP contribution is 2.18. The Bertz CT molecular complexity index is 797. The molecule has 2 N–H and O–H groups in total. The Hall–Kier alpha value is -2.32. The van der Waals surface area contributed by atoms with Gasteiger partial charge in [0.25, 0.3) is 0 Å². The summed E-state index contributed by atoms with van der Waals surface area (Å²) < 4.78 is 31.5. The highest BCUT2D eigenvalue weighted by atomic mass is 32.2. The van der Waals surface area contributed by atoms with Gasteiger partial charge in [0.15, 0.2) is 0 Å². The number of hydrogen-bond donors (Lipinski definition) is 2. The van der Waals surface area contributed by atoms with E-state index >= 15 is 0 Å². The van der Waals surface area contributed by atoms with Gasteiger partial charge in [-0.3, -0.25) is 4.79 Å². The van der Waals surface area contributed by atoms with Gasteiger partial charge in [0.05, 0.1) is 23.7 Å². The molecule has 0 aliphatic rings. The molecule has 2 aromatic rings. The zero-order chi connectivity index (χ0) is 19.2. The number of amides is 1. The summed E-state index contributed by atoms with van der Waals surface area (Å²) in [5.41, 5.74) is 0.671. The molecule has 0 saturated heterocycles. The van der Waals surface area contributed by atoms with Crippen molar-refractivity contribution in [1.82, 2.24) is 9.62 Å². The summed E-state index contributed by atoms with van der Waals surface area (Å²) in [5.74, 6) is 0.498. The predicted molar refractivity (Wildman–Crippen MR) is 100 cm³/mol. The third kappa shape index (κ3) is 4.86.